The number of hydrogen-bond acceptors (Lipinski definition) is 6. The third kappa shape index (κ3) is 45.0. The zero-order valence-electron chi connectivity index (χ0n) is 40.4. The summed E-state index contributed by atoms with van der Waals surface area (Å²) in [5.74, 6) is -0.204. The summed E-state index contributed by atoms with van der Waals surface area (Å²) in [6.07, 6.45) is 52.4. The maximum absolute atomic E-state index is 12.9. The van der Waals surface area contributed by atoms with Crippen molar-refractivity contribution >= 4 is 13.7 Å². The second-order valence-corrected chi connectivity index (χ2v) is 20.3. The van der Waals surface area contributed by atoms with Crippen molar-refractivity contribution in [1.82, 2.24) is 5.32 Å². The molecule has 0 aliphatic heterocycles. The number of aliphatic hydroxyl groups is 1. The zero-order chi connectivity index (χ0) is 44.3. The van der Waals surface area contributed by atoms with Gasteiger partial charge < -0.3 is 28.8 Å². The number of aliphatic hydroxyl groups excluding tert-OH is 1. The number of rotatable bonds is 47. The van der Waals surface area contributed by atoms with Crippen molar-refractivity contribution in [2.45, 2.75) is 257 Å². The number of unbranched alkanes of at least 4 members (excludes halogenated alkanes) is 32. The van der Waals surface area contributed by atoms with Gasteiger partial charge in [0.2, 0.25) is 5.91 Å². The van der Waals surface area contributed by atoms with E-state index in [4.69, 9.17) is 9.05 Å². The SMILES string of the molecule is CCCCCCCCCCCCCCCCCC/C=C/CC/C=C/C(O)C(COP(=O)([O-])OCC[N+](C)(C)C)NC(=O)CCCCCCCCCCCCCCCCCC. The zero-order valence-corrected chi connectivity index (χ0v) is 41.3. The van der Waals surface area contributed by atoms with Gasteiger partial charge in [-0.05, 0) is 32.1 Å². The lowest BCUT2D eigenvalue weighted by atomic mass is 10.0. The van der Waals surface area contributed by atoms with Crippen LogP contribution in [0.1, 0.15) is 245 Å². The quantitative estimate of drug-likeness (QED) is 0.0273. The fraction of sp³-hybridized carbons (Fsp3) is 0.902. The fourth-order valence-corrected chi connectivity index (χ4v) is 8.30. The average Bonchev–Trinajstić information content (AvgIpc) is 3.20. The number of likely N-dealkylation sites (N-methyl/N-ethyl adjacent to an activating group) is 1. The molecule has 0 aromatic carbocycles. The molecule has 0 bridgehead atoms. The lowest BCUT2D eigenvalue weighted by Gasteiger charge is -2.29. The summed E-state index contributed by atoms with van der Waals surface area (Å²) in [6, 6.07) is -0.899. The first kappa shape index (κ1) is 59.0. The molecule has 1 amide bonds. The van der Waals surface area contributed by atoms with E-state index in [1.807, 2.05) is 27.2 Å². The van der Waals surface area contributed by atoms with Gasteiger partial charge in [0.15, 0.2) is 0 Å². The molecule has 0 aromatic rings. The number of carbonyl (C=O) groups excluding carboxylic acids is 1. The summed E-state index contributed by atoms with van der Waals surface area (Å²) in [5.41, 5.74) is 0. The molecule has 8 nitrogen and oxygen atoms in total. The van der Waals surface area contributed by atoms with E-state index in [-0.39, 0.29) is 19.1 Å². The minimum atomic E-state index is -4.60. The summed E-state index contributed by atoms with van der Waals surface area (Å²) in [4.78, 5) is 25.4. The number of carbonyl (C=O) groups is 1. The molecular weight excluding hydrogens is 768 g/mol. The largest absolute Gasteiger partial charge is 0.756 e. The lowest BCUT2D eigenvalue weighted by molar-refractivity contribution is -0.870. The molecule has 0 aliphatic carbocycles. The predicted octanol–water partition coefficient (Wildman–Crippen LogP) is 14.2. The topological polar surface area (TPSA) is 108 Å². The van der Waals surface area contributed by atoms with E-state index >= 15 is 0 Å². The summed E-state index contributed by atoms with van der Waals surface area (Å²) >= 11 is 0. The van der Waals surface area contributed by atoms with Gasteiger partial charge in [0.05, 0.1) is 39.9 Å². The highest BCUT2D eigenvalue weighted by Crippen LogP contribution is 2.38. The number of phosphoric acid groups is 1. The maximum atomic E-state index is 12.9. The Balaban J connectivity index is 4.33. The van der Waals surface area contributed by atoms with Gasteiger partial charge in [-0.2, -0.15) is 0 Å². The van der Waals surface area contributed by atoms with E-state index in [0.717, 1.165) is 38.5 Å². The molecular formula is C51H101N2O6P. The molecule has 0 radical (unpaired) electrons. The Morgan fingerprint density at radius 1 is 0.567 bits per heavy atom. The van der Waals surface area contributed by atoms with Crippen LogP contribution in [0.3, 0.4) is 0 Å². The normalized spacial score (nSPS) is 14.3. The molecule has 0 aliphatic rings. The first-order chi connectivity index (χ1) is 29.0. The third-order valence-electron chi connectivity index (χ3n) is 11.7. The van der Waals surface area contributed by atoms with Gasteiger partial charge in [-0.25, -0.2) is 0 Å². The van der Waals surface area contributed by atoms with Gasteiger partial charge in [0.25, 0.3) is 7.82 Å². The summed E-state index contributed by atoms with van der Waals surface area (Å²) < 4.78 is 23.3. The lowest BCUT2D eigenvalue weighted by Crippen LogP contribution is -2.45. The van der Waals surface area contributed by atoms with E-state index < -0.39 is 20.0 Å². The molecule has 0 aromatic heterocycles. The molecule has 356 valence electrons. The Hall–Kier alpha value is -1.02. The van der Waals surface area contributed by atoms with E-state index in [1.165, 1.54) is 186 Å². The van der Waals surface area contributed by atoms with Crippen LogP contribution in [0.2, 0.25) is 0 Å². The monoisotopic (exact) mass is 869 g/mol. The maximum Gasteiger partial charge on any atom is 0.268 e. The molecule has 0 rings (SSSR count). The van der Waals surface area contributed by atoms with Gasteiger partial charge in [-0.3, -0.25) is 9.36 Å². The summed E-state index contributed by atoms with van der Waals surface area (Å²) in [5, 5.41) is 13.8. The molecule has 2 N–H and O–H groups in total. The molecule has 60 heavy (non-hydrogen) atoms. The summed E-state index contributed by atoms with van der Waals surface area (Å²) in [7, 11) is 1.25. The number of phosphoric ester groups is 1. The van der Waals surface area contributed by atoms with Gasteiger partial charge >= 0.3 is 0 Å². The minimum absolute atomic E-state index is 0.00396. The minimum Gasteiger partial charge on any atom is -0.756 e. The highest BCUT2D eigenvalue weighted by Gasteiger charge is 2.23. The number of nitrogens with zero attached hydrogens (tertiary/aromatic N) is 1. The first-order valence-electron chi connectivity index (χ1n) is 25.7. The first-order valence-corrected chi connectivity index (χ1v) is 27.2. The van der Waals surface area contributed by atoms with Crippen molar-refractivity contribution in [3.63, 3.8) is 0 Å². The number of allylic oxidation sites excluding steroid dienone is 3. The number of amides is 1. The van der Waals surface area contributed by atoms with Crippen molar-refractivity contribution in [3.05, 3.63) is 24.3 Å². The van der Waals surface area contributed by atoms with Crippen LogP contribution in [0.25, 0.3) is 0 Å². The van der Waals surface area contributed by atoms with E-state index in [9.17, 15) is 19.4 Å². The molecule has 9 heteroatoms. The van der Waals surface area contributed by atoms with Gasteiger partial charge in [0, 0.05) is 6.42 Å². The molecule has 0 heterocycles. The van der Waals surface area contributed by atoms with Crippen molar-refractivity contribution < 1.29 is 32.9 Å². The molecule has 3 atom stereocenters. The molecule has 0 saturated heterocycles. The molecule has 0 spiro atoms. The van der Waals surface area contributed by atoms with E-state index in [0.29, 0.717) is 17.4 Å². The smallest absolute Gasteiger partial charge is 0.268 e. The molecule has 3 unspecified atom stereocenters. The Morgan fingerprint density at radius 2 is 0.933 bits per heavy atom. The summed E-state index contributed by atoms with van der Waals surface area (Å²) in [6.45, 7) is 4.66. The van der Waals surface area contributed by atoms with Crippen LogP contribution >= 0.6 is 7.82 Å². The highest BCUT2D eigenvalue weighted by atomic mass is 31.2. The van der Waals surface area contributed by atoms with Crippen LogP contribution in [-0.2, 0) is 18.4 Å². The fourth-order valence-electron chi connectivity index (χ4n) is 7.58. The molecule has 0 saturated carbocycles. The van der Waals surface area contributed by atoms with Crippen molar-refractivity contribution in [2.75, 3.05) is 40.9 Å². The van der Waals surface area contributed by atoms with Crippen LogP contribution < -0.4 is 10.2 Å². The van der Waals surface area contributed by atoms with Gasteiger partial charge in [-0.1, -0.05) is 231 Å². The van der Waals surface area contributed by atoms with Crippen LogP contribution in [-0.4, -0.2) is 68.5 Å². The Labute approximate surface area is 373 Å². The molecule has 0 fully saturated rings. The van der Waals surface area contributed by atoms with E-state index in [1.54, 1.807) is 6.08 Å². The van der Waals surface area contributed by atoms with Crippen molar-refractivity contribution in [2.24, 2.45) is 0 Å². The standard InChI is InChI=1S/C51H101N2O6P/c1-6-8-10-12-14-16-18-20-22-24-25-26-27-28-29-30-32-34-36-38-40-42-44-50(54)49(48-59-60(56,57)58-47-46-53(3,4)5)52-51(55)45-43-41-39-37-35-33-31-23-21-19-17-15-13-11-9-7-2/h34,36,42,44,49-50,54H,6-33,35,37-41,43,45-48H2,1-5H3,(H-,52,55,56,57)/b36-34+,44-42+. The average molecular weight is 869 g/mol. The predicted molar refractivity (Wildman–Crippen MR) is 256 cm³/mol. The second kappa shape index (κ2) is 43.2. The second-order valence-electron chi connectivity index (χ2n) is 18.9. The Bertz CT molecular complexity index is 1030. The Kier molecular flexibility index (Phi) is 42.5. The van der Waals surface area contributed by atoms with Crippen molar-refractivity contribution in [3.8, 4) is 0 Å². The number of nitrogens with one attached hydrogen (secondary N) is 1. The third-order valence-corrected chi connectivity index (χ3v) is 12.6. The van der Waals surface area contributed by atoms with Crippen molar-refractivity contribution in [1.29, 1.82) is 0 Å². The van der Waals surface area contributed by atoms with Crippen LogP contribution in [0.4, 0.5) is 0 Å². The van der Waals surface area contributed by atoms with Crippen LogP contribution in [0, 0.1) is 0 Å². The van der Waals surface area contributed by atoms with Gasteiger partial charge in [0.1, 0.15) is 13.2 Å². The number of hydrogen-bond donors (Lipinski definition) is 2. The van der Waals surface area contributed by atoms with E-state index in [2.05, 4.69) is 31.3 Å². The van der Waals surface area contributed by atoms with Gasteiger partial charge in [-0.15, -0.1) is 0 Å². The number of quaternary nitrogens is 1. The Morgan fingerprint density at radius 3 is 1.35 bits per heavy atom. The highest BCUT2D eigenvalue weighted by molar-refractivity contribution is 7.45. The van der Waals surface area contributed by atoms with Crippen LogP contribution in [0.15, 0.2) is 24.3 Å². The van der Waals surface area contributed by atoms with Crippen LogP contribution in [0.5, 0.6) is 0 Å².